The number of nitrogens with one attached hydrogen (secondary N) is 1. The largest absolute Gasteiger partial charge is 0.492 e. The zero-order valence-corrected chi connectivity index (χ0v) is 15.7. The first-order chi connectivity index (χ1) is 13.5. The summed E-state index contributed by atoms with van der Waals surface area (Å²) in [4.78, 5) is 50.9. The molecule has 156 valence electrons. The van der Waals surface area contributed by atoms with Crippen LogP contribution in [0.4, 0.5) is 5.13 Å². The molecule has 5 N–H and O–H groups in total. The highest BCUT2D eigenvalue weighted by atomic mass is 32.2. The number of carbonyl (C=O) groups excluding carboxylic acids is 2. The number of nitrogens with two attached hydrogens (primary N) is 1. The molecule has 2 amide bonds. The van der Waals surface area contributed by atoms with Crippen LogP contribution in [0.25, 0.3) is 0 Å². The lowest BCUT2D eigenvalue weighted by Gasteiger charge is -2.44. The van der Waals surface area contributed by atoms with Gasteiger partial charge in [-0.05, 0) is 5.18 Å². The van der Waals surface area contributed by atoms with Crippen LogP contribution in [-0.2, 0) is 26.4 Å². The third kappa shape index (κ3) is 3.69. The van der Waals surface area contributed by atoms with Crippen molar-refractivity contribution in [2.75, 3.05) is 5.73 Å². The second kappa shape index (κ2) is 7.26. The number of nitroso groups, excluding NO2 is 1. The van der Waals surface area contributed by atoms with E-state index in [1.165, 1.54) is 5.38 Å². The lowest BCUT2D eigenvalue weighted by atomic mass is 9.98. The summed E-state index contributed by atoms with van der Waals surface area (Å²) in [5, 5.41) is 15.7. The van der Waals surface area contributed by atoms with Crippen molar-refractivity contribution in [2.45, 2.75) is 24.7 Å². The molecule has 0 spiro atoms. The molecule has 0 bridgehead atoms. The maximum atomic E-state index is 12.4. The number of nitrogen functional groups attached to an aromatic ring is 1. The summed E-state index contributed by atoms with van der Waals surface area (Å²) in [7, 11) is -5.04. The maximum absolute atomic E-state index is 12.4. The average Bonchev–Trinajstić information content (AvgIpc) is 3.18. The van der Waals surface area contributed by atoms with Gasteiger partial charge < -0.3 is 20.6 Å². The van der Waals surface area contributed by atoms with E-state index in [0.717, 1.165) is 11.3 Å². The van der Waals surface area contributed by atoms with E-state index in [4.69, 9.17) is 5.73 Å². The SMILES string of the molecule is Nc1nc(C(N=O)C(=O)NC2C(=O)N(S(=O)(=O)O)C2Cn2c(O)coc2=O)cs1. The average molecular weight is 448 g/mol. The van der Waals surface area contributed by atoms with Crippen molar-refractivity contribution < 1.29 is 32.1 Å². The highest BCUT2D eigenvalue weighted by molar-refractivity contribution is 7.84. The first kappa shape index (κ1) is 20.4. The van der Waals surface area contributed by atoms with Crippen molar-refractivity contribution >= 4 is 38.6 Å². The Morgan fingerprint density at radius 3 is 2.66 bits per heavy atom. The van der Waals surface area contributed by atoms with Crippen LogP contribution in [0.2, 0.25) is 0 Å². The van der Waals surface area contributed by atoms with Crippen molar-refractivity contribution in [1.82, 2.24) is 19.2 Å². The quantitative estimate of drug-likeness (QED) is 0.209. The number of oxazole rings is 1. The second-order valence-corrected chi connectivity index (χ2v) is 7.93. The minimum Gasteiger partial charge on any atom is -0.492 e. The van der Waals surface area contributed by atoms with Gasteiger partial charge in [0.25, 0.3) is 11.8 Å². The van der Waals surface area contributed by atoms with E-state index in [2.05, 4.69) is 19.9 Å². The smallest absolute Gasteiger partial charge is 0.421 e. The Morgan fingerprint density at radius 2 is 2.17 bits per heavy atom. The van der Waals surface area contributed by atoms with Crippen LogP contribution in [0.5, 0.6) is 5.88 Å². The first-order valence-corrected chi connectivity index (χ1v) is 9.84. The molecule has 1 aliphatic heterocycles. The van der Waals surface area contributed by atoms with Crippen molar-refractivity contribution in [3.63, 3.8) is 0 Å². The molecule has 0 saturated carbocycles. The van der Waals surface area contributed by atoms with E-state index in [9.17, 15) is 37.4 Å². The van der Waals surface area contributed by atoms with Crippen LogP contribution in [0.3, 0.4) is 0 Å². The van der Waals surface area contributed by atoms with Gasteiger partial charge in [0.1, 0.15) is 6.04 Å². The van der Waals surface area contributed by atoms with Crippen LogP contribution >= 0.6 is 11.3 Å². The van der Waals surface area contributed by atoms with Crippen LogP contribution in [0, 0.1) is 4.91 Å². The zero-order chi connectivity index (χ0) is 21.5. The fourth-order valence-electron chi connectivity index (χ4n) is 2.71. The minimum absolute atomic E-state index is 0.0149. The number of rotatable bonds is 7. The Balaban J connectivity index is 1.86. The molecule has 1 fully saturated rings. The van der Waals surface area contributed by atoms with Gasteiger partial charge >= 0.3 is 16.1 Å². The van der Waals surface area contributed by atoms with Crippen molar-refractivity contribution in [3.05, 3.63) is 32.8 Å². The Bertz CT molecular complexity index is 1130. The Hall–Kier alpha value is -3.31. The number of thiazole rings is 1. The lowest BCUT2D eigenvalue weighted by Crippen LogP contribution is -2.73. The molecule has 0 aliphatic carbocycles. The number of nitrogens with zero attached hydrogens (tertiary/aromatic N) is 4. The third-order valence-electron chi connectivity index (χ3n) is 4.02. The lowest BCUT2D eigenvalue weighted by molar-refractivity contribution is -0.146. The number of carbonyl (C=O) groups is 2. The second-order valence-electron chi connectivity index (χ2n) is 5.75. The van der Waals surface area contributed by atoms with Crippen LogP contribution in [0.15, 0.2) is 26.0 Å². The van der Waals surface area contributed by atoms with Crippen molar-refractivity contribution in [2.24, 2.45) is 5.18 Å². The van der Waals surface area contributed by atoms with Crippen molar-refractivity contribution in [1.29, 1.82) is 0 Å². The van der Waals surface area contributed by atoms with Crippen LogP contribution in [0.1, 0.15) is 11.7 Å². The van der Waals surface area contributed by atoms with Gasteiger partial charge in [0, 0.05) is 5.38 Å². The number of hydrogen-bond acceptors (Lipinski definition) is 12. The summed E-state index contributed by atoms with van der Waals surface area (Å²) in [6, 6.07) is -4.75. The molecule has 1 saturated heterocycles. The Morgan fingerprint density at radius 1 is 1.48 bits per heavy atom. The van der Waals surface area contributed by atoms with E-state index in [0.29, 0.717) is 10.8 Å². The molecular formula is C12H12N6O9S2. The number of aromatic hydroxyl groups is 1. The number of hydrogen-bond donors (Lipinski definition) is 4. The topological polar surface area (TPSA) is 227 Å². The van der Waals surface area contributed by atoms with E-state index in [1.807, 2.05) is 0 Å². The molecule has 0 aromatic carbocycles. The van der Waals surface area contributed by atoms with E-state index in [1.54, 1.807) is 0 Å². The predicted octanol–water partition coefficient (Wildman–Crippen LogP) is -1.81. The molecule has 0 radical (unpaired) electrons. The summed E-state index contributed by atoms with van der Waals surface area (Å²) in [5.41, 5.74) is 5.35. The van der Waals surface area contributed by atoms with Gasteiger partial charge in [0.2, 0.25) is 11.9 Å². The fourth-order valence-corrected chi connectivity index (χ4v) is 4.17. The maximum Gasteiger partial charge on any atom is 0.421 e. The van der Waals surface area contributed by atoms with Gasteiger partial charge in [-0.25, -0.2) is 18.7 Å². The number of aromatic nitrogens is 2. The molecule has 3 unspecified atom stereocenters. The zero-order valence-electron chi connectivity index (χ0n) is 14.0. The molecule has 29 heavy (non-hydrogen) atoms. The van der Waals surface area contributed by atoms with E-state index in [-0.39, 0.29) is 15.1 Å². The van der Waals surface area contributed by atoms with Gasteiger partial charge in [-0.2, -0.15) is 8.42 Å². The number of anilines is 1. The summed E-state index contributed by atoms with van der Waals surface area (Å²) < 4.78 is 37.2. The number of amides is 2. The third-order valence-corrected chi connectivity index (χ3v) is 5.66. The summed E-state index contributed by atoms with van der Waals surface area (Å²) >= 11 is 0.939. The standard InChI is InChI=1S/C12H12N6O9S2/c13-11-14-4(3-28-11)7(16-23)9(20)15-8-5(18(10(8)21)29(24,25)26)1-17-6(19)2-27-12(17)22/h2-3,5,7-8,19H,1H2,(H2,13,14)(H,15,20)(H,24,25,26). The van der Waals surface area contributed by atoms with Crippen molar-refractivity contribution in [3.8, 4) is 5.88 Å². The molecular weight excluding hydrogens is 436 g/mol. The summed E-state index contributed by atoms with van der Waals surface area (Å²) in [6.07, 6.45) is 0.674. The Labute approximate surface area is 164 Å². The Kier molecular flexibility index (Phi) is 5.11. The highest BCUT2D eigenvalue weighted by Crippen LogP contribution is 2.28. The van der Waals surface area contributed by atoms with Crippen LogP contribution in [-0.4, -0.2) is 55.8 Å². The molecule has 3 atom stereocenters. The molecule has 15 nitrogen and oxygen atoms in total. The molecule has 3 heterocycles. The first-order valence-electron chi connectivity index (χ1n) is 7.56. The summed E-state index contributed by atoms with van der Waals surface area (Å²) in [6.45, 7) is -0.652. The molecule has 2 aromatic rings. The molecule has 3 rings (SSSR count). The highest BCUT2D eigenvalue weighted by Gasteiger charge is 2.54. The van der Waals surface area contributed by atoms with Gasteiger partial charge in [0.05, 0.1) is 18.3 Å². The molecule has 2 aromatic heterocycles. The monoisotopic (exact) mass is 448 g/mol. The predicted molar refractivity (Wildman–Crippen MR) is 93.8 cm³/mol. The summed E-state index contributed by atoms with van der Waals surface area (Å²) in [5.74, 6) is -4.08. The fraction of sp³-hybridized carbons (Fsp3) is 0.333. The van der Waals surface area contributed by atoms with E-state index >= 15 is 0 Å². The van der Waals surface area contributed by atoms with Gasteiger partial charge in [-0.1, -0.05) is 0 Å². The molecule has 17 heteroatoms. The van der Waals surface area contributed by atoms with Gasteiger partial charge in [0.15, 0.2) is 11.4 Å². The van der Waals surface area contributed by atoms with E-state index < -0.39 is 58.4 Å². The normalized spacial score (nSPS) is 20.2. The van der Waals surface area contributed by atoms with Crippen LogP contribution < -0.4 is 16.8 Å². The number of β-lactam (4-membered cyclic amide) rings is 1. The van der Waals surface area contributed by atoms with Gasteiger partial charge in [-0.3, -0.25) is 14.1 Å². The van der Waals surface area contributed by atoms with Gasteiger partial charge in [-0.15, -0.1) is 16.2 Å². The molecule has 1 aliphatic rings. The minimum atomic E-state index is -5.04.